The molecule has 7 nitrogen and oxygen atoms in total. The van der Waals surface area contributed by atoms with E-state index in [0.717, 1.165) is 12.8 Å². The monoisotopic (exact) mass is 307 g/mol. The first-order valence-electron chi connectivity index (χ1n) is 6.93. The lowest BCUT2D eigenvalue weighted by molar-refractivity contribution is -0.124. The van der Waals surface area contributed by atoms with Gasteiger partial charge in [-0.15, -0.1) is 5.10 Å². The van der Waals surface area contributed by atoms with Crippen LogP contribution in [0.25, 0.3) is 0 Å². The van der Waals surface area contributed by atoms with Gasteiger partial charge in [0.05, 0.1) is 25.0 Å². The maximum atomic E-state index is 12.4. The molecule has 1 atom stereocenters. The highest BCUT2D eigenvalue weighted by molar-refractivity contribution is 7.80. The van der Waals surface area contributed by atoms with E-state index >= 15 is 0 Å². The predicted octanol–water partition coefficient (Wildman–Crippen LogP) is -0.405. The van der Waals surface area contributed by atoms with Crippen LogP contribution in [0, 0.1) is 0 Å². The Hall–Kier alpha value is -1.80. The number of hydrogen-bond acceptors (Lipinski definition) is 6. The third-order valence-corrected chi connectivity index (χ3v) is 3.81. The van der Waals surface area contributed by atoms with Gasteiger partial charge in [0.25, 0.3) is 0 Å². The molecule has 1 unspecified atom stereocenters. The Bertz CT molecular complexity index is 563. The van der Waals surface area contributed by atoms with Gasteiger partial charge < -0.3 is 20.7 Å². The average Bonchev–Trinajstić information content (AvgIpc) is 3.31. The molecule has 1 aromatic rings. The number of anilines is 1. The number of nitrogens with two attached hydrogens (primary N) is 1. The second-order valence-corrected chi connectivity index (χ2v) is 5.64. The molecule has 0 radical (unpaired) electrons. The van der Waals surface area contributed by atoms with Crippen molar-refractivity contribution in [3.05, 3.63) is 17.8 Å². The molecular formula is C13H17N5O2S. The number of amides is 1. The second-order valence-electron chi connectivity index (χ2n) is 5.20. The van der Waals surface area contributed by atoms with Crippen molar-refractivity contribution in [3.8, 4) is 0 Å². The number of thiocarbonyl (C=S) groups is 1. The molecule has 1 saturated carbocycles. The van der Waals surface area contributed by atoms with Crippen LogP contribution in [-0.2, 0) is 9.53 Å². The minimum atomic E-state index is -0.427. The lowest BCUT2D eigenvalue weighted by atomic mass is 10.1. The Labute approximate surface area is 127 Å². The smallest absolute Gasteiger partial charge is 0.245 e. The molecule has 0 bridgehead atoms. The number of rotatable bonds is 4. The topological polar surface area (TPSA) is 93.4 Å². The molecule has 3 N–H and O–H groups in total. The van der Waals surface area contributed by atoms with Crippen molar-refractivity contribution >= 4 is 28.9 Å². The molecule has 0 aromatic carbocycles. The predicted molar refractivity (Wildman–Crippen MR) is 81.0 cm³/mol. The van der Waals surface area contributed by atoms with E-state index in [0.29, 0.717) is 37.2 Å². The van der Waals surface area contributed by atoms with Crippen LogP contribution in [0.3, 0.4) is 0 Å². The Morgan fingerprint density at radius 3 is 3.05 bits per heavy atom. The molecule has 1 aliphatic heterocycles. The number of ether oxygens (including phenoxy) is 1. The summed E-state index contributed by atoms with van der Waals surface area (Å²) in [6, 6.07) is 1.60. The van der Waals surface area contributed by atoms with Crippen molar-refractivity contribution in [2.24, 2.45) is 5.73 Å². The van der Waals surface area contributed by atoms with E-state index in [-0.39, 0.29) is 10.9 Å². The molecule has 2 heterocycles. The molecule has 2 aliphatic rings. The molecule has 3 rings (SSSR count). The van der Waals surface area contributed by atoms with E-state index in [1.54, 1.807) is 6.07 Å². The number of carbonyl (C=O) groups excluding carboxylic acids is 1. The summed E-state index contributed by atoms with van der Waals surface area (Å²) >= 11 is 5.05. The van der Waals surface area contributed by atoms with E-state index in [1.807, 2.05) is 4.90 Å². The number of nitrogens with one attached hydrogen (secondary N) is 1. The highest BCUT2D eigenvalue weighted by Gasteiger charge is 2.35. The van der Waals surface area contributed by atoms with Gasteiger partial charge in [0.15, 0.2) is 5.82 Å². The third-order valence-electron chi connectivity index (χ3n) is 3.59. The Morgan fingerprint density at radius 2 is 2.33 bits per heavy atom. The average molecular weight is 307 g/mol. The van der Waals surface area contributed by atoms with Gasteiger partial charge in [0.1, 0.15) is 11.0 Å². The summed E-state index contributed by atoms with van der Waals surface area (Å²) in [5.74, 6) is 0.501. The second kappa shape index (κ2) is 5.90. The van der Waals surface area contributed by atoms with Gasteiger partial charge in [-0.2, -0.15) is 5.10 Å². The first-order chi connectivity index (χ1) is 10.2. The maximum Gasteiger partial charge on any atom is 0.245 e. The number of nitrogens with zero attached hydrogens (tertiary/aromatic N) is 3. The van der Waals surface area contributed by atoms with E-state index in [4.69, 9.17) is 22.7 Å². The normalized spacial score (nSPS) is 21.9. The minimum absolute atomic E-state index is 0.0447. The van der Waals surface area contributed by atoms with Crippen molar-refractivity contribution in [3.63, 3.8) is 0 Å². The summed E-state index contributed by atoms with van der Waals surface area (Å²) < 4.78 is 5.44. The summed E-state index contributed by atoms with van der Waals surface area (Å²) in [7, 11) is 0. The summed E-state index contributed by atoms with van der Waals surface area (Å²) in [4.78, 5) is 14.5. The van der Waals surface area contributed by atoms with Crippen LogP contribution in [0.5, 0.6) is 0 Å². The van der Waals surface area contributed by atoms with Crippen LogP contribution in [0.2, 0.25) is 0 Å². The van der Waals surface area contributed by atoms with Crippen molar-refractivity contribution in [2.75, 3.05) is 24.7 Å². The molecule has 2 fully saturated rings. The van der Waals surface area contributed by atoms with E-state index < -0.39 is 6.04 Å². The van der Waals surface area contributed by atoms with E-state index in [9.17, 15) is 4.79 Å². The number of aromatic nitrogens is 2. The summed E-state index contributed by atoms with van der Waals surface area (Å²) in [6.45, 7) is 1.41. The summed E-state index contributed by atoms with van der Waals surface area (Å²) in [5, 5.41) is 11.0. The molecule has 0 spiro atoms. The SMILES string of the molecule is NC(=S)c1ccnnc1N1CCOCC1C(=O)NC1CC1. The van der Waals surface area contributed by atoms with Crippen LogP contribution in [0.4, 0.5) is 5.82 Å². The number of hydrogen-bond donors (Lipinski definition) is 2. The zero-order valence-corrected chi connectivity index (χ0v) is 12.3. The fraction of sp³-hybridized carbons (Fsp3) is 0.538. The van der Waals surface area contributed by atoms with Crippen LogP contribution in [0.1, 0.15) is 18.4 Å². The first-order valence-corrected chi connectivity index (χ1v) is 7.34. The zero-order chi connectivity index (χ0) is 14.8. The Kier molecular flexibility index (Phi) is 3.98. The largest absolute Gasteiger partial charge is 0.389 e. The van der Waals surface area contributed by atoms with Crippen molar-refractivity contribution < 1.29 is 9.53 Å². The summed E-state index contributed by atoms with van der Waals surface area (Å²) in [5.41, 5.74) is 6.37. The Balaban J connectivity index is 1.86. The number of carbonyl (C=O) groups is 1. The fourth-order valence-corrected chi connectivity index (χ4v) is 2.49. The van der Waals surface area contributed by atoms with Crippen LogP contribution >= 0.6 is 12.2 Å². The van der Waals surface area contributed by atoms with Gasteiger partial charge in [-0.1, -0.05) is 12.2 Å². The van der Waals surface area contributed by atoms with Gasteiger partial charge in [0, 0.05) is 12.6 Å². The van der Waals surface area contributed by atoms with Gasteiger partial charge in [-0.05, 0) is 18.9 Å². The molecule has 1 aliphatic carbocycles. The third kappa shape index (κ3) is 3.11. The molecule has 112 valence electrons. The molecule has 1 saturated heterocycles. The van der Waals surface area contributed by atoms with Gasteiger partial charge in [-0.3, -0.25) is 4.79 Å². The quantitative estimate of drug-likeness (QED) is 0.731. The van der Waals surface area contributed by atoms with Crippen LogP contribution < -0.4 is 16.0 Å². The molecule has 1 aromatic heterocycles. The zero-order valence-electron chi connectivity index (χ0n) is 11.5. The Morgan fingerprint density at radius 1 is 1.52 bits per heavy atom. The van der Waals surface area contributed by atoms with Crippen LogP contribution in [0.15, 0.2) is 12.3 Å². The van der Waals surface area contributed by atoms with Gasteiger partial charge in [-0.25, -0.2) is 0 Å². The fourth-order valence-electron chi connectivity index (χ4n) is 2.33. The highest BCUT2D eigenvalue weighted by Crippen LogP contribution is 2.23. The highest BCUT2D eigenvalue weighted by atomic mass is 32.1. The standard InChI is InChI=1S/C13H17N5O2S/c14-11(21)9-3-4-15-17-12(9)18-5-6-20-7-10(18)13(19)16-8-1-2-8/h3-4,8,10H,1-2,5-7H2,(H2,14,21)(H,16,19). The van der Waals surface area contributed by atoms with E-state index in [2.05, 4.69) is 15.5 Å². The molecule has 21 heavy (non-hydrogen) atoms. The van der Waals surface area contributed by atoms with Gasteiger partial charge >= 0.3 is 0 Å². The lowest BCUT2D eigenvalue weighted by Crippen LogP contribution is -2.55. The van der Waals surface area contributed by atoms with Gasteiger partial charge in [0.2, 0.25) is 5.91 Å². The van der Waals surface area contributed by atoms with Crippen molar-refractivity contribution in [2.45, 2.75) is 24.9 Å². The van der Waals surface area contributed by atoms with Crippen molar-refractivity contribution in [1.82, 2.24) is 15.5 Å². The summed E-state index contributed by atoms with van der Waals surface area (Å²) in [6.07, 6.45) is 3.63. The minimum Gasteiger partial charge on any atom is -0.389 e. The molecule has 1 amide bonds. The lowest BCUT2D eigenvalue weighted by Gasteiger charge is -2.35. The molecular weight excluding hydrogens is 290 g/mol. The number of morpholine rings is 1. The van der Waals surface area contributed by atoms with Crippen LogP contribution in [-0.4, -0.2) is 52.9 Å². The maximum absolute atomic E-state index is 12.4. The van der Waals surface area contributed by atoms with E-state index in [1.165, 1.54) is 6.20 Å². The first kappa shape index (κ1) is 14.2. The molecule has 8 heteroatoms. The van der Waals surface area contributed by atoms with Crippen molar-refractivity contribution in [1.29, 1.82) is 0 Å².